The van der Waals surface area contributed by atoms with Gasteiger partial charge < -0.3 is 14.6 Å². The fourth-order valence-electron chi connectivity index (χ4n) is 4.02. The number of aliphatic hydroxyl groups excluding tert-OH is 1. The summed E-state index contributed by atoms with van der Waals surface area (Å²) in [5, 5.41) is 11.2. The third kappa shape index (κ3) is 3.93. The van der Waals surface area contributed by atoms with Crippen LogP contribution in [0.15, 0.2) is 72.3 Å². The van der Waals surface area contributed by atoms with Crippen LogP contribution in [0.1, 0.15) is 22.7 Å². The second kappa shape index (κ2) is 8.78. The summed E-state index contributed by atoms with van der Waals surface area (Å²) in [7, 11) is 2.94. The summed E-state index contributed by atoms with van der Waals surface area (Å²) >= 11 is 0. The van der Waals surface area contributed by atoms with Gasteiger partial charge in [0, 0.05) is 11.3 Å². The summed E-state index contributed by atoms with van der Waals surface area (Å²) in [5.74, 6) is -1.82. The van der Waals surface area contributed by atoms with E-state index >= 15 is 0 Å². The zero-order valence-electron chi connectivity index (χ0n) is 18.3. The number of aliphatic hydroxyl groups is 1. The average Bonchev–Trinajstić information content (AvgIpc) is 3.08. The highest BCUT2D eigenvalue weighted by Gasteiger charge is 2.47. The van der Waals surface area contributed by atoms with E-state index < -0.39 is 23.5 Å². The van der Waals surface area contributed by atoms with Crippen molar-refractivity contribution in [2.45, 2.75) is 13.0 Å². The number of halogens is 1. The average molecular weight is 447 g/mol. The number of hydrogen-bond acceptors (Lipinski definition) is 5. The number of methoxy groups -OCH3 is 2. The summed E-state index contributed by atoms with van der Waals surface area (Å²) in [6, 6.07) is 16.5. The van der Waals surface area contributed by atoms with E-state index in [1.165, 1.54) is 43.4 Å². The summed E-state index contributed by atoms with van der Waals surface area (Å²) in [5.41, 5.74) is 1.92. The van der Waals surface area contributed by atoms with Gasteiger partial charge >= 0.3 is 0 Å². The highest BCUT2D eigenvalue weighted by atomic mass is 19.1. The summed E-state index contributed by atoms with van der Waals surface area (Å²) in [6.45, 7) is 1.88. The summed E-state index contributed by atoms with van der Waals surface area (Å²) in [6.07, 6.45) is 0. The van der Waals surface area contributed by atoms with Crippen LogP contribution >= 0.6 is 0 Å². The van der Waals surface area contributed by atoms with Gasteiger partial charge in [0.05, 0.1) is 25.8 Å². The normalized spacial score (nSPS) is 17.3. The Bertz CT molecular complexity index is 1280. The van der Waals surface area contributed by atoms with Crippen molar-refractivity contribution in [2.24, 2.45) is 0 Å². The molecule has 7 heteroatoms. The van der Waals surface area contributed by atoms with Crippen LogP contribution in [0.25, 0.3) is 5.76 Å². The number of carbonyl (C=O) groups is 2. The van der Waals surface area contributed by atoms with Crippen LogP contribution in [0.5, 0.6) is 11.5 Å². The van der Waals surface area contributed by atoms with Crippen molar-refractivity contribution in [1.82, 2.24) is 0 Å². The first kappa shape index (κ1) is 22.1. The van der Waals surface area contributed by atoms with E-state index in [1.807, 2.05) is 19.1 Å². The van der Waals surface area contributed by atoms with Crippen LogP contribution in [0.3, 0.4) is 0 Å². The van der Waals surface area contributed by atoms with E-state index in [0.29, 0.717) is 17.1 Å². The number of Topliss-reactive ketones (excluding diaryl/α,β-unsaturated/α-hetero) is 1. The van der Waals surface area contributed by atoms with Crippen molar-refractivity contribution in [3.8, 4) is 11.5 Å². The SMILES string of the molecule is COc1ccc(/C(O)=C2\C(=O)C(=O)N(c3cccc(F)c3)C2c2cccc(C)c2)cc1OC. The number of aryl methyl sites for hydroxylation is 1. The van der Waals surface area contributed by atoms with Crippen molar-refractivity contribution >= 4 is 23.1 Å². The highest BCUT2D eigenvalue weighted by Crippen LogP contribution is 2.43. The Morgan fingerprint density at radius 2 is 1.67 bits per heavy atom. The number of ether oxygens (including phenoxy) is 2. The van der Waals surface area contributed by atoms with Crippen molar-refractivity contribution in [3.63, 3.8) is 0 Å². The van der Waals surface area contributed by atoms with E-state index in [2.05, 4.69) is 0 Å². The molecule has 1 aliphatic rings. The second-order valence-electron chi connectivity index (χ2n) is 7.63. The van der Waals surface area contributed by atoms with Crippen LogP contribution in [-0.2, 0) is 9.59 Å². The maximum atomic E-state index is 14.0. The summed E-state index contributed by atoms with van der Waals surface area (Å²) in [4.78, 5) is 27.5. The van der Waals surface area contributed by atoms with Gasteiger partial charge in [0.1, 0.15) is 11.6 Å². The Kier molecular flexibility index (Phi) is 5.87. The van der Waals surface area contributed by atoms with Crippen LogP contribution in [0.4, 0.5) is 10.1 Å². The largest absolute Gasteiger partial charge is 0.507 e. The lowest BCUT2D eigenvalue weighted by molar-refractivity contribution is -0.132. The van der Waals surface area contributed by atoms with Crippen molar-refractivity contribution < 1.29 is 28.6 Å². The van der Waals surface area contributed by atoms with Crippen LogP contribution in [-0.4, -0.2) is 31.0 Å². The fraction of sp³-hybridized carbons (Fsp3) is 0.154. The van der Waals surface area contributed by atoms with E-state index in [4.69, 9.17) is 9.47 Å². The van der Waals surface area contributed by atoms with Gasteiger partial charge in [0.15, 0.2) is 11.5 Å². The van der Waals surface area contributed by atoms with Crippen molar-refractivity contribution in [2.75, 3.05) is 19.1 Å². The number of benzene rings is 3. The number of carbonyl (C=O) groups excluding carboxylic acids is 2. The molecule has 3 aromatic carbocycles. The summed E-state index contributed by atoms with van der Waals surface area (Å²) < 4.78 is 24.5. The lowest BCUT2D eigenvalue weighted by Gasteiger charge is -2.25. The molecule has 0 aromatic heterocycles. The molecule has 1 atom stereocenters. The van der Waals surface area contributed by atoms with E-state index in [0.717, 1.165) is 5.56 Å². The minimum atomic E-state index is -0.945. The second-order valence-corrected chi connectivity index (χ2v) is 7.63. The van der Waals surface area contributed by atoms with Crippen LogP contribution in [0, 0.1) is 12.7 Å². The topological polar surface area (TPSA) is 76.1 Å². The quantitative estimate of drug-likeness (QED) is 0.346. The number of nitrogens with zero attached hydrogens (tertiary/aromatic N) is 1. The van der Waals surface area contributed by atoms with Gasteiger partial charge in [-0.25, -0.2) is 4.39 Å². The van der Waals surface area contributed by atoms with E-state index in [1.54, 1.807) is 30.3 Å². The Balaban J connectivity index is 1.95. The van der Waals surface area contributed by atoms with Crippen LogP contribution in [0.2, 0.25) is 0 Å². The Morgan fingerprint density at radius 1 is 0.939 bits per heavy atom. The molecule has 33 heavy (non-hydrogen) atoms. The van der Waals surface area contributed by atoms with E-state index in [-0.39, 0.29) is 22.6 Å². The minimum Gasteiger partial charge on any atom is -0.507 e. The molecule has 1 unspecified atom stereocenters. The molecule has 0 spiro atoms. The Morgan fingerprint density at radius 3 is 2.33 bits per heavy atom. The molecule has 1 fully saturated rings. The zero-order valence-corrected chi connectivity index (χ0v) is 18.3. The molecule has 168 valence electrons. The molecule has 3 aromatic rings. The number of ketones is 1. The predicted octanol–water partition coefficient (Wildman–Crippen LogP) is 4.78. The highest BCUT2D eigenvalue weighted by molar-refractivity contribution is 6.51. The first-order valence-corrected chi connectivity index (χ1v) is 10.2. The van der Waals surface area contributed by atoms with Crippen molar-refractivity contribution in [3.05, 3.63) is 94.8 Å². The Hall–Kier alpha value is -4.13. The monoisotopic (exact) mass is 447 g/mol. The van der Waals surface area contributed by atoms with Gasteiger partial charge in [-0.3, -0.25) is 14.5 Å². The first-order chi connectivity index (χ1) is 15.8. The number of amides is 1. The molecule has 0 bridgehead atoms. The van der Waals surface area contributed by atoms with Crippen LogP contribution < -0.4 is 14.4 Å². The molecule has 1 N–H and O–H groups in total. The van der Waals surface area contributed by atoms with Crippen molar-refractivity contribution in [1.29, 1.82) is 0 Å². The van der Waals surface area contributed by atoms with Gasteiger partial charge in [-0.1, -0.05) is 35.9 Å². The Labute approximate surface area is 190 Å². The molecule has 1 saturated heterocycles. The maximum absolute atomic E-state index is 14.0. The smallest absolute Gasteiger partial charge is 0.300 e. The lowest BCUT2D eigenvalue weighted by atomic mass is 9.94. The minimum absolute atomic E-state index is 0.0953. The fourth-order valence-corrected chi connectivity index (χ4v) is 4.02. The van der Waals surface area contributed by atoms with Gasteiger partial charge in [-0.15, -0.1) is 0 Å². The maximum Gasteiger partial charge on any atom is 0.300 e. The first-order valence-electron chi connectivity index (χ1n) is 10.2. The molecule has 0 saturated carbocycles. The standard InChI is InChI=1S/C26H22FNO5/c1-15-6-4-7-16(12-15)23-22(24(29)17-10-11-20(32-2)21(13-17)33-3)25(30)26(31)28(23)19-9-5-8-18(27)14-19/h4-14,23,29H,1-3H3/b24-22+. The molecule has 1 aliphatic heterocycles. The molecule has 0 radical (unpaired) electrons. The molecule has 6 nitrogen and oxygen atoms in total. The number of rotatable bonds is 5. The van der Waals surface area contributed by atoms with E-state index in [9.17, 15) is 19.1 Å². The van der Waals surface area contributed by atoms with Gasteiger partial charge in [0.2, 0.25) is 0 Å². The molecule has 4 rings (SSSR count). The molecule has 1 heterocycles. The van der Waals surface area contributed by atoms with Gasteiger partial charge in [0.25, 0.3) is 11.7 Å². The molecular formula is C26H22FNO5. The molecule has 1 amide bonds. The van der Waals surface area contributed by atoms with Gasteiger partial charge in [-0.05, 0) is 48.9 Å². The lowest BCUT2D eigenvalue weighted by Crippen LogP contribution is -2.29. The number of hydrogen-bond donors (Lipinski definition) is 1. The zero-order chi connectivity index (χ0) is 23.7. The molecule has 0 aliphatic carbocycles. The third-order valence-electron chi connectivity index (χ3n) is 5.55. The molecular weight excluding hydrogens is 425 g/mol. The third-order valence-corrected chi connectivity index (χ3v) is 5.55. The predicted molar refractivity (Wildman–Crippen MR) is 122 cm³/mol. The number of anilines is 1. The van der Waals surface area contributed by atoms with Gasteiger partial charge in [-0.2, -0.15) is 0 Å².